The lowest BCUT2D eigenvalue weighted by Gasteiger charge is -2.55. The molecule has 1 spiro atoms. The lowest BCUT2D eigenvalue weighted by Crippen LogP contribution is -2.73. The van der Waals surface area contributed by atoms with E-state index in [1.165, 1.54) is 12.8 Å². The topological polar surface area (TPSA) is 61.9 Å². The minimum Gasteiger partial charge on any atom is -0.368 e. The van der Waals surface area contributed by atoms with Gasteiger partial charge in [0.15, 0.2) is 0 Å². The number of morpholine rings is 1. The highest BCUT2D eigenvalue weighted by molar-refractivity contribution is 5.82. The van der Waals surface area contributed by atoms with Crippen LogP contribution in [0.4, 0.5) is 0 Å². The van der Waals surface area contributed by atoms with E-state index in [9.17, 15) is 9.59 Å². The Balaban J connectivity index is 1.47. The summed E-state index contributed by atoms with van der Waals surface area (Å²) in [7, 11) is 1.99. The van der Waals surface area contributed by atoms with Crippen LogP contribution in [0.3, 0.4) is 0 Å². The van der Waals surface area contributed by atoms with Gasteiger partial charge in [0.25, 0.3) is 0 Å². The Hall–Kier alpha value is -1.14. The molecular formula is C18H31N3O3. The monoisotopic (exact) mass is 337 g/mol. The molecule has 1 N–H and O–H groups in total. The third kappa shape index (κ3) is 3.75. The number of nitrogens with one attached hydrogen (secondary N) is 1. The Morgan fingerprint density at radius 1 is 1.21 bits per heavy atom. The first kappa shape index (κ1) is 17.7. The fourth-order valence-electron chi connectivity index (χ4n) is 4.13. The van der Waals surface area contributed by atoms with Crippen LogP contribution in [-0.2, 0) is 14.3 Å². The lowest BCUT2D eigenvalue weighted by atomic mass is 9.89. The van der Waals surface area contributed by atoms with E-state index in [0.717, 1.165) is 12.8 Å². The Morgan fingerprint density at radius 2 is 1.88 bits per heavy atom. The molecule has 2 saturated heterocycles. The third-order valence-corrected chi connectivity index (χ3v) is 5.51. The number of rotatable bonds is 4. The van der Waals surface area contributed by atoms with Gasteiger partial charge in [-0.05, 0) is 25.8 Å². The number of likely N-dealkylation sites (tertiary alicyclic amines) is 1. The molecule has 6 heteroatoms. The van der Waals surface area contributed by atoms with Crippen molar-refractivity contribution in [2.75, 3.05) is 33.3 Å². The molecule has 24 heavy (non-hydrogen) atoms. The van der Waals surface area contributed by atoms with Gasteiger partial charge in [0.1, 0.15) is 11.6 Å². The summed E-state index contributed by atoms with van der Waals surface area (Å²) in [5.41, 5.74) is -0.272. The Labute approximate surface area is 144 Å². The minimum absolute atomic E-state index is 0.0892. The number of nitrogens with zero attached hydrogens (tertiary/aromatic N) is 2. The number of carbonyl (C=O) groups is 2. The summed E-state index contributed by atoms with van der Waals surface area (Å²) >= 11 is 0. The van der Waals surface area contributed by atoms with Gasteiger partial charge in [0.05, 0.1) is 19.7 Å². The standard InChI is InChI=1S/C18H31N3O3/c1-13(2)8-16(22)21-11-18(12-21)10-20(3)15(9-24-18)17(23)19-14-6-4-5-7-14/h13-15H,4-12H2,1-3H3,(H,19,23)/t15-/m0/s1. The maximum Gasteiger partial charge on any atom is 0.239 e. The highest BCUT2D eigenvalue weighted by Gasteiger charge is 2.51. The van der Waals surface area contributed by atoms with Crippen molar-refractivity contribution in [3.8, 4) is 0 Å². The maximum atomic E-state index is 12.5. The fraction of sp³-hybridized carbons (Fsp3) is 0.889. The van der Waals surface area contributed by atoms with E-state index < -0.39 is 0 Å². The summed E-state index contributed by atoms with van der Waals surface area (Å²) in [4.78, 5) is 28.6. The van der Waals surface area contributed by atoms with E-state index >= 15 is 0 Å². The zero-order chi connectivity index (χ0) is 17.3. The number of amides is 2. The zero-order valence-corrected chi connectivity index (χ0v) is 15.2. The largest absolute Gasteiger partial charge is 0.368 e. The first-order valence-corrected chi connectivity index (χ1v) is 9.31. The molecule has 2 amide bonds. The summed E-state index contributed by atoms with van der Waals surface area (Å²) in [6.45, 7) is 6.56. The van der Waals surface area contributed by atoms with E-state index in [4.69, 9.17) is 4.74 Å². The number of hydrogen-bond donors (Lipinski definition) is 1. The van der Waals surface area contributed by atoms with Gasteiger partial charge in [-0.1, -0.05) is 26.7 Å². The average Bonchev–Trinajstić information content (AvgIpc) is 2.96. The van der Waals surface area contributed by atoms with Gasteiger partial charge in [0, 0.05) is 19.0 Å². The van der Waals surface area contributed by atoms with Crippen LogP contribution in [0.25, 0.3) is 0 Å². The van der Waals surface area contributed by atoms with Crippen molar-refractivity contribution in [1.82, 2.24) is 15.1 Å². The summed E-state index contributed by atoms with van der Waals surface area (Å²) in [5, 5.41) is 3.17. The third-order valence-electron chi connectivity index (χ3n) is 5.51. The molecule has 1 aliphatic carbocycles. The number of hydrogen-bond acceptors (Lipinski definition) is 4. The molecule has 2 heterocycles. The molecule has 6 nitrogen and oxygen atoms in total. The van der Waals surface area contributed by atoms with Gasteiger partial charge in [-0.3, -0.25) is 14.5 Å². The quantitative estimate of drug-likeness (QED) is 0.831. The SMILES string of the molecule is CC(C)CC(=O)N1CC2(C1)CN(C)[C@H](C(=O)NC1CCCC1)CO2. The lowest BCUT2D eigenvalue weighted by molar-refractivity contribution is -0.201. The van der Waals surface area contributed by atoms with E-state index in [0.29, 0.717) is 44.6 Å². The average molecular weight is 337 g/mol. The van der Waals surface area contributed by atoms with Gasteiger partial charge < -0.3 is 15.0 Å². The Kier molecular flexibility index (Phi) is 5.16. The van der Waals surface area contributed by atoms with Crippen LogP contribution in [0, 0.1) is 5.92 Å². The molecule has 0 aromatic carbocycles. The zero-order valence-electron chi connectivity index (χ0n) is 15.2. The van der Waals surface area contributed by atoms with Crippen molar-refractivity contribution in [2.45, 2.75) is 63.6 Å². The predicted molar refractivity (Wildman–Crippen MR) is 91.5 cm³/mol. The molecule has 3 aliphatic rings. The minimum atomic E-state index is -0.272. The van der Waals surface area contributed by atoms with Crippen LogP contribution in [0.5, 0.6) is 0 Å². The van der Waals surface area contributed by atoms with E-state index in [1.807, 2.05) is 11.9 Å². The van der Waals surface area contributed by atoms with Crippen LogP contribution in [0.2, 0.25) is 0 Å². The van der Waals surface area contributed by atoms with Crippen LogP contribution in [0.15, 0.2) is 0 Å². The second-order valence-corrected chi connectivity index (χ2v) is 8.26. The van der Waals surface area contributed by atoms with Crippen molar-refractivity contribution in [1.29, 1.82) is 0 Å². The number of carbonyl (C=O) groups excluding carboxylic acids is 2. The predicted octanol–water partition coefficient (Wildman–Crippen LogP) is 1.00. The van der Waals surface area contributed by atoms with Crippen LogP contribution in [0.1, 0.15) is 46.0 Å². The van der Waals surface area contributed by atoms with E-state index in [1.54, 1.807) is 0 Å². The Bertz CT molecular complexity index is 482. The molecule has 3 fully saturated rings. The summed E-state index contributed by atoms with van der Waals surface area (Å²) in [6.07, 6.45) is 5.22. The Morgan fingerprint density at radius 3 is 2.46 bits per heavy atom. The van der Waals surface area contributed by atoms with Crippen molar-refractivity contribution in [2.24, 2.45) is 5.92 Å². The number of ether oxygens (including phenoxy) is 1. The van der Waals surface area contributed by atoms with E-state index in [2.05, 4.69) is 24.1 Å². The second kappa shape index (κ2) is 7.00. The molecule has 0 unspecified atom stereocenters. The van der Waals surface area contributed by atoms with Crippen LogP contribution < -0.4 is 5.32 Å². The smallest absolute Gasteiger partial charge is 0.239 e. The molecule has 3 rings (SSSR count). The molecule has 0 radical (unpaired) electrons. The van der Waals surface area contributed by atoms with Crippen molar-refractivity contribution >= 4 is 11.8 Å². The second-order valence-electron chi connectivity index (χ2n) is 8.26. The molecular weight excluding hydrogens is 306 g/mol. The molecule has 0 aromatic rings. The van der Waals surface area contributed by atoms with Crippen LogP contribution >= 0.6 is 0 Å². The highest BCUT2D eigenvalue weighted by atomic mass is 16.5. The molecule has 136 valence electrons. The molecule has 2 aliphatic heterocycles. The van der Waals surface area contributed by atoms with Gasteiger partial charge in [-0.25, -0.2) is 0 Å². The maximum absolute atomic E-state index is 12.5. The summed E-state index contributed by atoms with van der Waals surface area (Å²) < 4.78 is 6.06. The molecule has 1 saturated carbocycles. The normalized spacial score (nSPS) is 27.5. The summed E-state index contributed by atoms with van der Waals surface area (Å²) in [5.74, 6) is 0.682. The van der Waals surface area contributed by atoms with Gasteiger partial charge in [-0.2, -0.15) is 0 Å². The van der Waals surface area contributed by atoms with Gasteiger partial charge in [-0.15, -0.1) is 0 Å². The van der Waals surface area contributed by atoms with Crippen molar-refractivity contribution in [3.63, 3.8) is 0 Å². The van der Waals surface area contributed by atoms with Gasteiger partial charge >= 0.3 is 0 Å². The van der Waals surface area contributed by atoms with Crippen molar-refractivity contribution < 1.29 is 14.3 Å². The number of likely N-dealkylation sites (N-methyl/N-ethyl adjacent to an activating group) is 1. The molecule has 0 aromatic heterocycles. The first-order valence-electron chi connectivity index (χ1n) is 9.31. The first-order chi connectivity index (χ1) is 11.4. The summed E-state index contributed by atoms with van der Waals surface area (Å²) in [6, 6.07) is 0.131. The highest BCUT2D eigenvalue weighted by Crippen LogP contribution is 2.31. The van der Waals surface area contributed by atoms with Crippen LogP contribution in [-0.4, -0.2) is 72.6 Å². The molecule has 1 atom stereocenters. The van der Waals surface area contributed by atoms with Gasteiger partial charge in [0.2, 0.25) is 11.8 Å². The van der Waals surface area contributed by atoms with E-state index in [-0.39, 0.29) is 23.5 Å². The molecule has 0 bridgehead atoms. The van der Waals surface area contributed by atoms with Crippen molar-refractivity contribution in [3.05, 3.63) is 0 Å². The fourth-order valence-corrected chi connectivity index (χ4v) is 4.13.